The predicted octanol–water partition coefficient (Wildman–Crippen LogP) is 4.41. The maximum Gasteiger partial charge on any atom is 0.183 e. The third-order valence-electron chi connectivity index (χ3n) is 4.28. The summed E-state index contributed by atoms with van der Waals surface area (Å²) in [6, 6.07) is 19.3. The average Bonchev–Trinajstić information content (AvgIpc) is 3.04. The third kappa shape index (κ3) is 3.48. The summed E-state index contributed by atoms with van der Waals surface area (Å²) in [4.78, 5) is 12.4. The summed E-state index contributed by atoms with van der Waals surface area (Å²) in [5.74, 6) is 1.10. The molecule has 4 aromatic rings. The van der Waals surface area contributed by atoms with Crippen LogP contribution in [0.4, 0.5) is 0 Å². The SMILES string of the molecule is Cc1cc(C)n(-c2nnc(SCC(=O)c3ccccc3)c3ccccc23)n1. The van der Waals surface area contributed by atoms with E-state index in [0.29, 0.717) is 17.1 Å². The minimum Gasteiger partial charge on any atom is -0.293 e. The first-order chi connectivity index (χ1) is 13.1. The Morgan fingerprint density at radius 3 is 2.37 bits per heavy atom. The Labute approximate surface area is 161 Å². The van der Waals surface area contributed by atoms with E-state index in [4.69, 9.17) is 0 Å². The number of hydrogen-bond donors (Lipinski definition) is 0. The number of rotatable bonds is 5. The van der Waals surface area contributed by atoms with E-state index in [2.05, 4.69) is 15.3 Å². The summed E-state index contributed by atoms with van der Waals surface area (Å²) in [6.45, 7) is 3.95. The van der Waals surface area contributed by atoms with Crippen LogP contribution in [-0.2, 0) is 0 Å². The molecule has 0 aliphatic rings. The molecule has 0 unspecified atom stereocenters. The number of carbonyl (C=O) groups excluding carboxylic acids is 1. The van der Waals surface area contributed by atoms with Gasteiger partial charge in [0, 0.05) is 22.0 Å². The lowest BCUT2D eigenvalue weighted by molar-refractivity contribution is 0.102. The minimum absolute atomic E-state index is 0.0779. The molecule has 0 saturated carbocycles. The van der Waals surface area contributed by atoms with Gasteiger partial charge in [-0.15, -0.1) is 10.2 Å². The van der Waals surface area contributed by atoms with Gasteiger partial charge in [-0.1, -0.05) is 66.4 Å². The van der Waals surface area contributed by atoms with Gasteiger partial charge < -0.3 is 0 Å². The zero-order valence-corrected chi connectivity index (χ0v) is 15.9. The monoisotopic (exact) mass is 374 g/mol. The van der Waals surface area contributed by atoms with Gasteiger partial charge in [-0.05, 0) is 19.9 Å². The van der Waals surface area contributed by atoms with Gasteiger partial charge >= 0.3 is 0 Å². The van der Waals surface area contributed by atoms with Gasteiger partial charge in [0.2, 0.25) is 0 Å². The zero-order valence-electron chi connectivity index (χ0n) is 15.1. The fourth-order valence-corrected chi connectivity index (χ4v) is 3.88. The molecule has 0 spiro atoms. The Bertz CT molecular complexity index is 1120. The lowest BCUT2D eigenvalue weighted by atomic mass is 10.2. The van der Waals surface area contributed by atoms with E-state index in [1.54, 1.807) is 0 Å². The topological polar surface area (TPSA) is 60.7 Å². The molecule has 0 aliphatic carbocycles. The van der Waals surface area contributed by atoms with E-state index in [1.807, 2.05) is 79.2 Å². The molecule has 2 aromatic carbocycles. The molecule has 0 saturated heterocycles. The lowest BCUT2D eigenvalue weighted by Crippen LogP contribution is -2.06. The Morgan fingerprint density at radius 1 is 0.963 bits per heavy atom. The zero-order chi connectivity index (χ0) is 18.8. The first-order valence-electron chi connectivity index (χ1n) is 8.63. The van der Waals surface area contributed by atoms with Gasteiger partial charge in [0.25, 0.3) is 0 Å². The molecule has 5 nitrogen and oxygen atoms in total. The van der Waals surface area contributed by atoms with E-state index in [0.717, 1.165) is 27.2 Å². The van der Waals surface area contributed by atoms with Crippen LogP contribution in [0, 0.1) is 13.8 Å². The average molecular weight is 374 g/mol. The van der Waals surface area contributed by atoms with Crippen LogP contribution in [-0.4, -0.2) is 31.5 Å². The summed E-state index contributed by atoms with van der Waals surface area (Å²) >= 11 is 1.41. The second-order valence-electron chi connectivity index (χ2n) is 6.29. The van der Waals surface area contributed by atoms with Crippen molar-refractivity contribution in [3.8, 4) is 5.82 Å². The fraction of sp³-hybridized carbons (Fsp3) is 0.143. The van der Waals surface area contributed by atoms with Gasteiger partial charge in [-0.2, -0.15) is 5.10 Å². The van der Waals surface area contributed by atoms with Crippen LogP contribution in [0.25, 0.3) is 16.6 Å². The number of nitrogens with zero attached hydrogens (tertiary/aromatic N) is 4. The Hall–Kier alpha value is -2.99. The van der Waals surface area contributed by atoms with Crippen LogP contribution < -0.4 is 0 Å². The first kappa shape index (κ1) is 17.4. The van der Waals surface area contributed by atoms with Crippen LogP contribution in [0.5, 0.6) is 0 Å². The quantitative estimate of drug-likeness (QED) is 0.383. The number of hydrogen-bond acceptors (Lipinski definition) is 5. The van der Waals surface area contributed by atoms with Crippen molar-refractivity contribution in [3.05, 3.63) is 77.6 Å². The molecule has 134 valence electrons. The van der Waals surface area contributed by atoms with Crippen LogP contribution in [0.3, 0.4) is 0 Å². The molecular weight excluding hydrogens is 356 g/mol. The Kier molecular flexibility index (Phi) is 4.73. The molecule has 0 aliphatic heterocycles. The molecule has 4 rings (SSSR count). The Morgan fingerprint density at radius 2 is 1.67 bits per heavy atom. The molecule has 2 aromatic heterocycles. The second kappa shape index (κ2) is 7.32. The summed E-state index contributed by atoms with van der Waals surface area (Å²) in [6.07, 6.45) is 0. The maximum absolute atomic E-state index is 12.4. The number of ketones is 1. The summed E-state index contributed by atoms with van der Waals surface area (Å²) in [5.41, 5.74) is 2.65. The number of fused-ring (bicyclic) bond motifs is 1. The number of Topliss-reactive ketones (excluding diaryl/α,β-unsaturated/α-hetero) is 1. The predicted molar refractivity (Wildman–Crippen MR) is 108 cm³/mol. The van der Waals surface area contributed by atoms with Crippen LogP contribution >= 0.6 is 11.8 Å². The molecule has 0 radical (unpaired) electrons. The number of benzene rings is 2. The second-order valence-corrected chi connectivity index (χ2v) is 7.26. The highest BCUT2D eigenvalue weighted by molar-refractivity contribution is 8.00. The maximum atomic E-state index is 12.4. The molecule has 0 bridgehead atoms. The molecule has 0 atom stereocenters. The van der Waals surface area contributed by atoms with E-state index >= 15 is 0 Å². The van der Waals surface area contributed by atoms with Gasteiger partial charge in [0.1, 0.15) is 5.03 Å². The minimum atomic E-state index is 0.0779. The van der Waals surface area contributed by atoms with Crippen molar-refractivity contribution in [2.24, 2.45) is 0 Å². The molecule has 0 N–H and O–H groups in total. The van der Waals surface area contributed by atoms with Crippen molar-refractivity contribution in [3.63, 3.8) is 0 Å². The highest BCUT2D eigenvalue weighted by Gasteiger charge is 2.15. The summed E-state index contributed by atoms with van der Waals surface area (Å²) in [5, 5.41) is 16.0. The van der Waals surface area contributed by atoms with Crippen LogP contribution in [0.2, 0.25) is 0 Å². The Balaban J connectivity index is 1.68. The van der Waals surface area contributed by atoms with Crippen LogP contribution in [0.1, 0.15) is 21.7 Å². The third-order valence-corrected chi connectivity index (χ3v) is 5.26. The van der Waals surface area contributed by atoms with Crippen molar-refractivity contribution in [1.82, 2.24) is 20.0 Å². The molecule has 27 heavy (non-hydrogen) atoms. The summed E-state index contributed by atoms with van der Waals surface area (Å²) < 4.78 is 1.81. The van der Waals surface area contributed by atoms with Crippen molar-refractivity contribution >= 4 is 28.3 Å². The van der Waals surface area contributed by atoms with Crippen molar-refractivity contribution in [1.29, 1.82) is 0 Å². The highest BCUT2D eigenvalue weighted by atomic mass is 32.2. The van der Waals surface area contributed by atoms with Crippen molar-refractivity contribution in [2.45, 2.75) is 18.9 Å². The highest BCUT2D eigenvalue weighted by Crippen LogP contribution is 2.29. The largest absolute Gasteiger partial charge is 0.293 e. The van der Waals surface area contributed by atoms with E-state index < -0.39 is 0 Å². The molecule has 0 fully saturated rings. The molecule has 0 amide bonds. The normalized spacial score (nSPS) is 11.0. The molecular formula is C21H18N4OS. The standard InChI is InChI=1S/C21H18N4OS/c1-14-12-15(2)25(24-14)20-17-10-6-7-11-18(17)21(23-22-20)27-13-19(26)16-8-4-3-5-9-16/h3-12H,13H2,1-2H3. The summed E-state index contributed by atoms with van der Waals surface area (Å²) in [7, 11) is 0. The van der Waals surface area contributed by atoms with Crippen molar-refractivity contribution < 1.29 is 4.79 Å². The molecule has 6 heteroatoms. The lowest BCUT2D eigenvalue weighted by Gasteiger charge is -2.10. The van der Waals surface area contributed by atoms with Gasteiger partial charge in [0.15, 0.2) is 11.6 Å². The first-order valence-corrected chi connectivity index (χ1v) is 9.62. The number of carbonyl (C=O) groups is 1. The van der Waals surface area contributed by atoms with E-state index in [-0.39, 0.29) is 5.78 Å². The van der Waals surface area contributed by atoms with Crippen molar-refractivity contribution in [2.75, 3.05) is 5.75 Å². The van der Waals surface area contributed by atoms with Crippen LogP contribution in [0.15, 0.2) is 65.7 Å². The number of aryl methyl sites for hydroxylation is 2. The van der Waals surface area contributed by atoms with Gasteiger partial charge in [-0.25, -0.2) is 4.68 Å². The number of aromatic nitrogens is 4. The van der Waals surface area contributed by atoms with E-state index in [9.17, 15) is 4.79 Å². The van der Waals surface area contributed by atoms with Gasteiger partial charge in [0.05, 0.1) is 11.4 Å². The molecule has 2 heterocycles. The van der Waals surface area contributed by atoms with E-state index in [1.165, 1.54) is 11.8 Å². The van der Waals surface area contributed by atoms with Gasteiger partial charge in [-0.3, -0.25) is 4.79 Å². The smallest absolute Gasteiger partial charge is 0.183 e. The fourth-order valence-electron chi connectivity index (χ4n) is 3.01. The number of thioether (sulfide) groups is 1.